The van der Waals surface area contributed by atoms with Gasteiger partial charge in [0.15, 0.2) is 6.61 Å². The molecule has 116 valence electrons. The second-order valence-corrected chi connectivity index (χ2v) is 5.90. The third kappa shape index (κ3) is 3.36. The van der Waals surface area contributed by atoms with E-state index >= 15 is 0 Å². The van der Waals surface area contributed by atoms with Crippen molar-refractivity contribution in [2.24, 2.45) is 0 Å². The summed E-state index contributed by atoms with van der Waals surface area (Å²) in [6, 6.07) is 4.82. The van der Waals surface area contributed by atoms with Crippen molar-refractivity contribution < 1.29 is 14.1 Å². The summed E-state index contributed by atoms with van der Waals surface area (Å²) < 4.78 is 10.6. The van der Waals surface area contributed by atoms with Gasteiger partial charge in [-0.1, -0.05) is 28.4 Å². The van der Waals surface area contributed by atoms with Crippen LogP contribution in [-0.4, -0.2) is 17.7 Å². The maximum absolute atomic E-state index is 12.0. The molecule has 5 nitrogen and oxygen atoms in total. The first-order valence-corrected chi connectivity index (χ1v) is 7.74. The van der Waals surface area contributed by atoms with E-state index in [-0.39, 0.29) is 12.5 Å². The zero-order valence-electron chi connectivity index (χ0n) is 11.7. The largest absolute Gasteiger partial charge is 0.482 e. The molecule has 1 amide bonds. The van der Waals surface area contributed by atoms with Crippen LogP contribution >= 0.6 is 23.2 Å². The monoisotopic (exact) mass is 340 g/mol. The van der Waals surface area contributed by atoms with Gasteiger partial charge in [-0.2, -0.15) is 0 Å². The highest BCUT2D eigenvalue weighted by atomic mass is 35.5. The number of aryl methyl sites for hydroxylation is 1. The Morgan fingerprint density at radius 1 is 1.32 bits per heavy atom. The summed E-state index contributed by atoms with van der Waals surface area (Å²) in [6.07, 6.45) is 3.95. The van der Waals surface area contributed by atoms with Gasteiger partial charge in [-0.25, -0.2) is 0 Å². The average molecular weight is 341 g/mol. The van der Waals surface area contributed by atoms with Crippen molar-refractivity contribution in [3.8, 4) is 5.75 Å². The van der Waals surface area contributed by atoms with Gasteiger partial charge in [-0.05, 0) is 43.9 Å². The number of amides is 1. The summed E-state index contributed by atoms with van der Waals surface area (Å²) in [6.45, 7) is -0.170. The number of carbonyl (C=O) groups is 1. The smallest absolute Gasteiger partial charge is 0.264 e. The van der Waals surface area contributed by atoms with Gasteiger partial charge in [0, 0.05) is 10.6 Å². The lowest BCUT2D eigenvalue weighted by Gasteiger charge is -2.10. The Hall–Kier alpha value is -1.72. The molecule has 1 aliphatic carbocycles. The number of fused-ring (bicyclic) bond motifs is 1. The van der Waals surface area contributed by atoms with E-state index in [4.69, 9.17) is 32.5 Å². The van der Waals surface area contributed by atoms with Crippen LogP contribution in [0.2, 0.25) is 10.0 Å². The van der Waals surface area contributed by atoms with Gasteiger partial charge in [-0.3, -0.25) is 10.1 Å². The van der Waals surface area contributed by atoms with Crippen molar-refractivity contribution in [1.29, 1.82) is 0 Å². The third-order valence-corrected chi connectivity index (χ3v) is 4.00. The predicted octanol–water partition coefficient (Wildman–Crippen LogP) is 3.88. The SMILES string of the molecule is O=C(COc1ccc(Cl)cc1Cl)Nc1onc2c1CCCC2. The Morgan fingerprint density at radius 2 is 2.14 bits per heavy atom. The molecule has 0 unspecified atom stereocenters. The maximum Gasteiger partial charge on any atom is 0.264 e. The fourth-order valence-electron chi connectivity index (χ4n) is 2.39. The molecule has 1 aliphatic rings. The van der Waals surface area contributed by atoms with Crippen molar-refractivity contribution in [3.05, 3.63) is 39.5 Å². The van der Waals surface area contributed by atoms with Crippen LogP contribution in [0.3, 0.4) is 0 Å². The second-order valence-electron chi connectivity index (χ2n) is 5.06. The van der Waals surface area contributed by atoms with E-state index in [1.165, 1.54) is 0 Å². The number of nitrogens with one attached hydrogen (secondary N) is 1. The van der Waals surface area contributed by atoms with Crippen LogP contribution in [0, 0.1) is 0 Å². The normalized spacial score (nSPS) is 13.5. The number of hydrogen-bond donors (Lipinski definition) is 1. The Kier molecular flexibility index (Phi) is 4.55. The van der Waals surface area contributed by atoms with Gasteiger partial charge in [-0.15, -0.1) is 0 Å². The van der Waals surface area contributed by atoms with E-state index in [9.17, 15) is 4.79 Å². The van der Waals surface area contributed by atoms with Crippen molar-refractivity contribution in [1.82, 2.24) is 5.16 Å². The zero-order valence-corrected chi connectivity index (χ0v) is 13.2. The molecule has 1 N–H and O–H groups in total. The molecular formula is C15H14Cl2N2O3. The molecule has 0 spiro atoms. The number of benzene rings is 1. The summed E-state index contributed by atoms with van der Waals surface area (Å²) in [5.74, 6) is 0.502. The van der Waals surface area contributed by atoms with E-state index in [0.717, 1.165) is 36.9 Å². The Labute approximate surface area is 137 Å². The molecule has 0 radical (unpaired) electrons. The quantitative estimate of drug-likeness (QED) is 0.917. The van der Waals surface area contributed by atoms with E-state index < -0.39 is 0 Å². The minimum atomic E-state index is -0.324. The van der Waals surface area contributed by atoms with Crippen LogP contribution < -0.4 is 10.1 Å². The van der Waals surface area contributed by atoms with Crippen LogP contribution in [0.5, 0.6) is 5.75 Å². The first-order chi connectivity index (χ1) is 10.6. The molecular weight excluding hydrogens is 327 g/mol. The molecule has 22 heavy (non-hydrogen) atoms. The number of halogens is 2. The molecule has 2 aromatic rings. The van der Waals surface area contributed by atoms with Gasteiger partial charge in [0.05, 0.1) is 10.7 Å². The molecule has 7 heteroatoms. The minimum Gasteiger partial charge on any atom is -0.482 e. The molecule has 1 aromatic heterocycles. The van der Waals surface area contributed by atoms with Gasteiger partial charge in [0.2, 0.25) is 5.88 Å². The zero-order chi connectivity index (χ0) is 15.5. The molecule has 1 aromatic carbocycles. The molecule has 1 heterocycles. The van der Waals surface area contributed by atoms with Crippen molar-refractivity contribution in [2.45, 2.75) is 25.7 Å². The lowest BCUT2D eigenvalue weighted by atomic mass is 9.98. The lowest BCUT2D eigenvalue weighted by Crippen LogP contribution is -2.21. The fourth-order valence-corrected chi connectivity index (χ4v) is 2.85. The van der Waals surface area contributed by atoms with E-state index in [2.05, 4.69) is 10.5 Å². The van der Waals surface area contributed by atoms with Crippen LogP contribution in [0.1, 0.15) is 24.1 Å². The van der Waals surface area contributed by atoms with Gasteiger partial charge in [0.1, 0.15) is 5.75 Å². The van der Waals surface area contributed by atoms with Gasteiger partial charge >= 0.3 is 0 Å². The molecule has 3 rings (SSSR count). The van der Waals surface area contributed by atoms with Crippen LogP contribution in [0.25, 0.3) is 0 Å². The van der Waals surface area contributed by atoms with Crippen molar-refractivity contribution in [2.75, 3.05) is 11.9 Å². The number of ether oxygens (including phenoxy) is 1. The molecule has 0 bridgehead atoms. The highest BCUT2D eigenvalue weighted by Gasteiger charge is 2.20. The van der Waals surface area contributed by atoms with Crippen molar-refractivity contribution >= 4 is 35.0 Å². The van der Waals surface area contributed by atoms with E-state index in [1.54, 1.807) is 18.2 Å². The Morgan fingerprint density at radius 3 is 2.95 bits per heavy atom. The van der Waals surface area contributed by atoms with Gasteiger partial charge in [0.25, 0.3) is 5.91 Å². The highest BCUT2D eigenvalue weighted by Crippen LogP contribution is 2.29. The Balaban J connectivity index is 1.60. The first-order valence-electron chi connectivity index (χ1n) is 6.98. The topological polar surface area (TPSA) is 64.4 Å². The summed E-state index contributed by atoms with van der Waals surface area (Å²) in [5.41, 5.74) is 1.92. The standard InChI is InChI=1S/C15H14Cl2N2O3/c16-9-5-6-13(11(17)7-9)21-8-14(20)18-15-10-3-1-2-4-12(10)19-22-15/h5-7H,1-4,8H2,(H,18,20). The lowest BCUT2D eigenvalue weighted by molar-refractivity contribution is -0.118. The molecule has 0 saturated carbocycles. The molecule has 0 saturated heterocycles. The van der Waals surface area contributed by atoms with Crippen LogP contribution in [0.4, 0.5) is 5.88 Å². The van der Waals surface area contributed by atoms with Crippen LogP contribution in [-0.2, 0) is 17.6 Å². The predicted molar refractivity (Wildman–Crippen MR) is 83.7 cm³/mol. The van der Waals surface area contributed by atoms with Crippen molar-refractivity contribution in [3.63, 3.8) is 0 Å². The molecule has 0 fully saturated rings. The number of anilines is 1. The third-order valence-electron chi connectivity index (χ3n) is 3.47. The highest BCUT2D eigenvalue weighted by molar-refractivity contribution is 6.35. The van der Waals surface area contributed by atoms with Gasteiger partial charge < -0.3 is 9.26 Å². The Bertz CT molecular complexity index is 700. The number of nitrogens with zero attached hydrogens (tertiary/aromatic N) is 1. The molecule has 0 atom stereocenters. The number of rotatable bonds is 4. The summed E-state index contributed by atoms with van der Waals surface area (Å²) in [4.78, 5) is 12.0. The summed E-state index contributed by atoms with van der Waals surface area (Å²) in [7, 11) is 0. The minimum absolute atomic E-state index is 0.170. The first kappa shape index (κ1) is 15.2. The van der Waals surface area contributed by atoms with E-state index in [0.29, 0.717) is 21.7 Å². The fraction of sp³-hybridized carbons (Fsp3) is 0.333. The summed E-state index contributed by atoms with van der Waals surface area (Å²) >= 11 is 11.8. The van der Waals surface area contributed by atoms with E-state index in [1.807, 2.05) is 0 Å². The average Bonchev–Trinajstić information content (AvgIpc) is 2.90. The molecule has 0 aliphatic heterocycles. The number of hydrogen-bond acceptors (Lipinski definition) is 4. The second kappa shape index (κ2) is 6.58. The van der Waals surface area contributed by atoms with Crippen LogP contribution in [0.15, 0.2) is 22.7 Å². The maximum atomic E-state index is 12.0. The summed E-state index contributed by atoms with van der Waals surface area (Å²) in [5, 5.41) is 7.54. The number of carbonyl (C=O) groups excluding carboxylic acids is 1. The number of aromatic nitrogens is 1.